The summed E-state index contributed by atoms with van der Waals surface area (Å²) in [4.78, 5) is 13.5. The lowest BCUT2D eigenvalue weighted by Gasteiger charge is -2.28. The van der Waals surface area contributed by atoms with Gasteiger partial charge in [0.25, 0.3) is 0 Å². The maximum Gasteiger partial charge on any atom is 0.223 e. The third kappa shape index (κ3) is 6.08. The Hall–Kier alpha value is -0.610. The molecule has 4 nitrogen and oxygen atoms in total. The molecule has 16 heavy (non-hydrogen) atoms. The second-order valence-corrected chi connectivity index (χ2v) is 5.34. The monoisotopic (exact) mass is 230 g/mol. The van der Waals surface area contributed by atoms with Gasteiger partial charge >= 0.3 is 0 Å². The molecule has 1 amide bonds. The predicted octanol–water partition coefficient (Wildman–Crippen LogP) is 1.24. The number of nitrogens with zero attached hydrogens (tertiary/aromatic N) is 1. The molecule has 0 aliphatic heterocycles. The molecule has 0 heterocycles. The fourth-order valence-corrected chi connectivity index (χ4v) is 1.22. The third-order valence-corrected chi connectivity index (χ3v) is 2.77. The average molecular weight is 230 g/mol. The van der Waals surface area contributed by atoms with Crippen LogP contribution < -0.4 is 5.73 Å². The van der Waals surface area contributed by atoms with Gasteiger partial charge in [-0.2, -0.15) is 0 Å². The molecule has 1 atom stereocenters. The summed E-state index contributed by atoms with van der Waals surface area (Å²) in [6, 6.07) is -0.0927. The Bertz CT molecular complexity index is 212. The number of amides is 1. The number of rotatable bonds is 6. The molecule has 0 aliphatic rings. The molecule has 4 heteroatoms. The van der Waals surface area contributed by atoms with Gasteiger partial charge in [-0.25, -0.2) is 0 Å². The molecular formula is C12H26N2O2. The lowest BCUT2D eigenvalue weighted by molar-refractivity contribution is -0.131. The van der Waals surface area contributed by atoms with Crippen molar-refractivity contribution < 1.29 is 9.53 Å². The Morgan fingerprint density at radius 1 is 1.44 bits per heavy atom. The molecule has 1 unspecified atom stereocenters. The van der Waals surface area contributed by atoms with Crippen molar-refractivity contribution in [1.29, 1.82) is 0 Å². The topological polar surface area (TPSA) is 55.6 Å². The van der Waals surface area contributed by atoms with E-state index in [1.807, 2.05) is 7.05 Å². The SMILES string of the molecule is COCCCN(C)C(=O)CC(N)C(C)(C)C. The highest BCUT2D eigenvalue weighted by Crippen LogP contribution is 2.20. The Morgan fingerprint density at radius 2 is 2.00 bits per heavy atom. The zero-order chi connectivity index (χ0) is 12.8. The van der Waals surface area contributed by atoms with E-state index in [1.165, 1.54) is 0 Å². The number of carbonyl (C=O) groups excluding carboxylic acids is 1. The van der Waals surface area contributed by atoms with Gasteiger partial charge < -0.3 is 15.4 Å². The average Bonchev–Trinajstić information content (AvgIpc) is 2.16. The molecule has 0 aromatic heterocycles. The van der Waals surface area contributed by atoms with Crippen LogP contribution in [0.15, 0.2) is 0 Å². The molecule has 0 radical (unpaired) electrons. The van der Waals surface area contributed by atoms with E-state index in [4.69, 9.17) is 10.5 Å². The van der Waals surface area contributed by atoms with E-state index in [1.54, 1.807) is 12.0 Å². The van der Waals surface area contributed by atoms with Gasteiger partial charge in [0.1, 0.15) is 0 Å². The molecule has 0 saturated carbocycles. The quantitative estimate of drug-likeness (QED) is 0.699. The summed E-state index contributed by atoms with van der Waals surface area (Å²) < 4.78 is 4.94. The van der Waals surface area contributed by atoms with Crippen molar-refractivity contribution in [2.24, 2.45) is 11.1 Å². The van der Waals surface area contributed by atoms with Gasteiger partial charge in [0, 0.05) is 39.8 Å². The lowest BCUT2D eigenvalue weighted by atomic mass is 9.85. The highest BCUT2D eigenvalue weighted by atomic mass is 16.5. The van der Waals surface area contributed by atoms with Crippen molar-refractivity contribution in [3.8, 4) is 0 Å². The fourth-order valence-electron chi connectivity index (χ4n) is 1.22. The molecular weight excluding hydrogens is 204 g/mol. The van der Waals surface area contributed by atoms with E-state index in [9.17, 15) is 4.79 Å². The number of methoxy groups -OCH3 is 1. The maximum absolute atomic E-state index is 11.8. The highest BCUT2D eigenvalue weighted by Gasteiger charge is 2.24. The Labute approximate surface area is 99.1 Å². The van der Waals surface area contributed by atoms with Crippen LogP contribution in [0.3, 0.4) is 0 Å². The van der Waals surface area contributed by atoms with Crippen molar-refractivity contribution in [3.05, 3.63) is 0 Å². The molecule has 0 aromatic rings. The summed E-state index contributed by atoms with van der Waals surface area (Å²) in [6.07, 6.45) is 1.27. The molecule has 96 valence electrons. The molecule has 0 aliphatic carbocycles. The molecule has 2 N–H and O–H groups in total. The zero-order valence-corrected chi connectivity index (χ0v) is 11.2. The van der Waals surface area contributed by atoms with E-state index in [0.29, 0.717) is 13.0 Å². The van der Waals surface area contributed by atoms with Crippen LogP contribution >= 0.6 is 0 Å². The van der Waals surface area contributed by atoms with Crippen LogP contribution in [0.2, 0.25) is 0 Å². The summed E-state index contributed by atoms with van der Waals surface area (Å²) in [5.41, 5.74) is 5.95. The van der Waals surface area contributed by atoms with Crippen molar-refractivity contribution in [2.45, 2.75) is 39.7 Å². The van der Waals surface area contributed by atoms with E-state index in [0.717, 1.165) is 13.0 Å². The van der Waals surface area contributed by atoms with Crippen LogP contribution in [0, 0.1) is 5.41 Å². The minimum Gasteiger partial charge on any atom is -0.385 e. The summed E-state index contributed by atoms with van der Waals surface area (Å²) in [6.45, 7) is 7.56. The Kier molecular flexibility index (Phi) is 6.60. The summed E-state index contributed by atoms with van der Waals surface area (Å²) >= 11 is 0. The van der Waals surface area contributed by atoms with Gasteiger partial charge in [-0.3, -0.25) is 4.79 Å². The summed E-state index contributed by atoms with van der Waals surface area (Å²) in [7, 11) is 3.48. The lowest BCUT2D eigenvalue weighted by Crippen LogP contribution is -2.41. The molecule has 0 spiro atoms. The zero-order valence-electron chi connectivity index (χ0n) is 11.2. The molecule has 0 aromatic carbocycles. The number of ether oxygens (including phenoxy) is 1. The van der Waals surface area contributed by atoms with E-state index < -0.39 is 0 Å². The second kappa shape index (κ2) is 6.86. The van der Waals surface area contributed by atoms with Gasteiger partial charge in [0.05, 0.1) is 0 Å². The minimum atomic E-state index is -0.0927. The number of hydrogen-bond acceptors (Lipinski definition) is 3. The van der Waals surface area contributed by atoms with Gasteiger partial charge in [-0.05, 0) is 11.8 Å². The van der Waals surface area contributed by atoms with Crippen LogP contribution in [0.25, 0.3) is 0 Å². The first kappa shape index (κ1) is 15.4. The number of nitrogens with two attached hydrogens (primary N) is 1. The van der Waals surface area contributed by atoms with Gasteiger partial charge in [-0.1, -0.05) is 20.8 Å². The van der Waals surface area contributed by atoms with Crippen LogP contribution in [-0.2, 0) is 9.53 Å². The van der Waals surface area contributed by atoms with Gasteiger partial charge in [-0.15, -0.1) is 0 Å². The van der Waals surface area contributed by atoms with E-state index >= 15 is 0 Å². The predicted molar refractivity (Wildman–Crippen MR) is 66.2 cm³/mol. The number of carbonyl (C=O) groups is 1. The van der Waals surface area contributed by atoms with Crippen LogP contribution in [0.1, 0.15) is 33.6 Å². The molecule has 0 rings (SSSR count). The third-order valence-electron chi connectivity index (χ3n) is 2.77. The molecule has 0 fully saturated rings. The van der Waals surface area contributed by atoms with Crippen molar-refractivity contribution in [1.82, 2.24) is 4.90 Å². The molecule has 0 saturated heterocycles. The first-order valence-corrected chi connectivity index (χ1v) is 5.77. The maximum atomic E-state index is 11.8. The highest BCUT2D eigenvalue weighted by molar-refractivity contribution is 5.76. The summed E-state index contributed by atoms with van der Waals surface area (Å²) in [5.74, 6) is 0.110. The van der Waals surface area contributed by atoms with Crippen molar-refractivity contribution in [3.63, 3.8) is 0 Å². The van der Waals surface area contributed by atoms with E-state index in [-0.39, 0.29) is 17.4 Å². The Balaban J connectivity index is 3.96. The van der Waals surface area contributed by atoms with Gasteiger partial charge in [0.15, 0.2) is 0 Å². The normalized spacial score (nSPS) is 13.6. The first-order valence-electron chi connectivity index (χ1n) is 5.77. The fraction of sp³-hybridized carbons (Fsp3) is 0.917. The number of hydrogen-bond donors (Lipinski definition) is 1. The smallest absolute Gasteiger partial charge is 0.223 e. The summed E-state index contributed by atoms with van der Waals surface area (Å²) in [5, 5.41) is 0. The van der Waals surface area contributed by atoms with Crippen LogP contribution in [0.5, 0.6) is 0 Å². The molecule has 0 bridgehead atoms. The van der Waals surface area contributed by atoms with E-state index in [2.05, 4.69) is 20.8 Å². The van der Waals surface area contributed by atoms with Crippen LogP contribution in [-0.4, -0.2) is 44.2 Å². The largest absolute Gasteiger partial charge is 0.385 e. The standard InChI is InChI=1S/C12H26N2O2/c1-12(2,3)10(13)9-11(15)14(4)7-6-8-16-5/h10H,6-9,13H2,1-5H3. The minimum absolute atomic E-state index is 0.0248. The second-order valence-electron chi connectivity index (χ2n) is 5.34. The van der Waals surface area contributed by atoms with Crippen LogP contribution in [0.4, 0.5) is 0 Å². The van der Waals surface area contributed by atoms with Crippen molar-refractivity contribution in [2.75, 3.05) is 27.3 Å². The Morgan fingerprint density at radius 3 is 2.44 bits per heavy atom. The van der Waals surface area contributed by atoms with Crippen molar-refractivity contribution >= 4 is 5.91 Å². The first-order chi connectivity index (χ1) is 7.29. The van der Waals surface area contributed by atoms with Gasteiger partial charge in [0.2, 0.25) is 5.91 Å².